The second-order valence-electron chi connectivity index (χ2n) is 6.05. The van der Waals surface area contributed by atoms with E-state index in [1.165, 1.54) is 18.2 Å². The van der Waals surface area contributed by atoms with Gasteiger partial charge in [0.15, 0.2) is 0 Å². The molecule has 22 heavy (non-hydrogen) atoms. The molecule has 0 unspecified atom stereocenters. The molecule has 0 bridgehead atoms. The number of ether oxygens (including phenoxy) is 2. The van der Waals surface area contributed by atoms with Crippen LogP contribution in [0.25, 0.3) is 0 Å². The van der Waals surface area contributed by atoms with Gasteiger partial charge in [-0.2, -0.15) is 0 Å². The Bertz CT molecular complexity index is 539. The maximum atomic E-state index is 11.6. The number of esters is 1. The van der Waals surface area contributed by atoms with Crippen LogP contribution in [0.3, 0.4) is 0 Å². The van der Waals surface area contributed by atoms with Crippen molar-refractivity contribution in [3.63, 3.8) is 0 Å². The number of piperazine rings is 1. The number of carbonyl (C=O) groups excluding carboxylic acids is 1. The van der Waals surface area contributed by atoms with Crippen LogP contribution in [0.1, 0.15) is 18.1 Å². The van der Waals surface area contributed by atoms with Gasteiger partial charge < -0.3 is 9.47 Å². The molecule has 0 N–H and O–H groups in total. The van der Waals surface area contributed by atoms with Gasteiger partial charge in [-0.25, -0.2) is 0 Å². The van der Waals surface area contributed by atoms with Crippen LogP contribution in [0.2, 0.25) is 0 Å². The third kappa shape index (κ3) is 3.25. The molecule has 5 heteroatoms. The molecule has 1 aromatic rings. The zero-order valence-electron chi connectivity index (χ0n) is 13.4. The summed E-state index contributed by atoms with van der Waals surface area (Å²) in [5, 5.41) is 0. The smallest absolute Gasteiger partial charge is 0.322 e. The van der Waals surface area contributed by atoms with Crippen LogP contribution in [0, 0.1) is 0 Å². The number of carbonyl (C=O) groups is 1. The van der Waals surface area contributed by atoms with E-state index in [1.807, 2.05) is 6.92 Å². The van der Waals surface area contributed by atoms with Crippen molar-refractivity contribution in [1.82, 2.24) is 9.80 Å². The van der Waals surface area contributed by atoms with Crippen LogP contribution >= 0.6 is 0 Å². The lowest BCUT2D eigenvalue weighted by molar-refractivity contribution is -0.147. The minimum absolute atomic E-state index is 0.146. The second kappa shape index (κ2) is 6.67. The van der Waals surface area contributed by atoms with Gasteiger partial charge in [0.2, 0.25) is 0 Å². The third-order valence-electron chi connectivity index (χ3n) is 4.66. The van der Waals surface area contributed by atoms with Crippen LogP contribution in [-0.4, -0.2) is 61.7 Å². The molecule has 1 aromatic carbocycles. The van der Waals surface area contributed by atoms with Gasteiger partial charge in [-0.15, -0.1) is 0 Å². The zero-order valence-corrected chi connectivity index (χ0v) is 13.4. The summed E-state index contributed by atoms with van der Waals surface area (Å²) >= 11 is 0. The van der Waals surface area contributed by atoms with E-state index in [2.05, 4.69) is 28.0 Å². The van der Waals surface area contributed by atoms with Gasteiger partial charge >= 0.3 is 5.97 Å². The fraction of sp³-hybridized carbons (Fsp3) is 0.588. The largest absolute Gasteiger partial charge is 0.493 e. The predicted octanol–water partition coefficient (Wildman–Crippen LogP) is 1.30. The standard InChI is InChI=1S/C17H24N2O3/c1-13(17(20)21-2)19-8-6-18(7-9-19)12-14-3-4-16-15(11-14)5-10-22-16/h3-4,11,13H,5-10,12H2,1-2H3/t13-/m0/s1. The number of hydrogen-bond donors (Lipinski definition) is 0. The van der Waals surface area contributed by atoms with Gasteiger partial charge in [-0.05, 0) is 24.1 Å². The third-order valence-corrected chi connectivity index (χ3v) is 4.66. The maximum absolute atomic E-state index is 11.6. The number of fused-ring (bicyclic) bond motifs is 1. The van der Waals surface area contributed by atoms with E-state index in [0.717, 1.165) is 51.5 Å². The highest BCUT2D eigenvalue weighted by Crippen LogP contribution is 2.26. The quantitative estimate of drug-likeness (QED) is 0.784. The van der Waals surface area contributed by atoms with Crippen molar-refractivity contribution in [2.24, 2.45) is 0 Å². The summed E-state index contributed by atoms with van der Waals surface area (Å²) in [4.78, 5) is 16.2. The van der Waals surface area contributed by atoms with E-state index in [-0.39, 0.29) is 12.0 Å². The van der Waals surface area contributed by atoms with Crippen molar-refractivity contribution in [1.29, 1.82) is 0 Å². The summed E-state index contributed by atoms with van der Waals surface area (Å²) in [6.45, 7) is 7.47. The lowest BCUT2D eigenvalue weighted by Crippen LogP contribution is -2.51. The molecular weight excluding hydrogens is 280 g/mol. The SMILES string of the molecule is COC(=O)[C@H](C)N1CCN(Cc2ccc3c(c2)CCO3)CC1. The minimum atomic E-state index is -0.149. The number of methoxy groups -OCH3 is 1. The Kier molecular flexibility index (Phi) is 4.64. The summed E-state index contributed by atoms with van der Waals surface area (Å²) in [6, 6.07) is 6.37. The molecule has 0 radical (unpaired) electrons. The highest BCUT2D eigenvalue weighted by molar-refractivity contribution is 5.75. The minimum Gasteiger partial charge on any atom is -0.493 e. The molecular formula is C17H24N2O3. The van der Waals surface area contributed by atoms with Crippen LogP contribution in [0.15, 0.2) is 18.2 Å². The van der Waals surface area contributed by atoms with Crippen molar-refractivity contribution >= 4 is 5.97 Å². The van der Waals surface area contributed by atoms with Gasteiger partial charge in [0, 0.05) is 39.1 Å². The molecule has 2 heterocycles. The molecule has 0 aromatic heterocycles. The molecule has 0 amide bonds. The Hall–Kier alpha value is -1.59. The highest BCUT2D eigenvalue weighted by Gasteiger charge is 2.26. The van der Waals surface area contributed by atoms with Gasteiger partial charge in [-0.3, -0.25) is 14.6 Å². The normalized spacial score (nSPS) is 20.3. The lowest BCUT2D eigenvalue weighted by Gasteiger charge is -2.37. The second-order valence-corrected chi connectivity index (χ2v) is 6.05. The number of nitrogens with zero attached hydrogens (tertiary/aromatic N) is 2. The molecule has 5 nitrogen and oxygen atoms in total. The molecule has 2 aliphatic rings. The maximum Gasteiger partial charge on any atom is 0.322 e. The average Bonchev–Trinajstić information content (AvgIpc) is 3.02. The zero-order chi connectivity index (χ0) is 15.5. The summed E-state index contributed by atoms with van der Waals surface area (Å²) in [5.41, 5.74) is 2.68. The Morgan fingerprint density at radius 1 is 1.32 bits per heavy atom. The summed E-state index contributed by atoms with van der Waals surface area (Å²) < 4.78 is 10.4. The first-order chi connectivity index (χ1) is 10.7. The Morgan fingerprint density at radius 3 is 2.82 bits per heavy atom. The average molecular weight is 304 g/mol. The van der Waals surface area contributed by atoms with Gasteiger partial charge in [-0.1, -0.05) is 12.1 Å². The van der Waals surface area contributed by atoms with Gasteiger partial charge in [0.05, 0.1) is 13.7 Å². The first kappa shape index (κ1) is 15.3. The molecule has 0 aliphatic carbocycles. The predicted molar refractivity (Wildman–Crippen MR) is 84.0 cm³/mol. The van der Waals surface area contributed by atoms with Crippen LogP contribution in [0.4, 0.5) is 0 Å². The summed E-state index contributed by atoms with van der Waals surface area (Å²) in [7, 11) is 1.45. The summed E-state index contributed by atoms with van der Waals surface area (Å²) in [5.74, 6) is 0.896. The molecule has 3 rings (SSSR count). The topological polar surface area (TPSA) is 42.0 Å². The number of rotatable bonds is 4. The van der Waals surface area contributed by atoms with E-state index >= 15 is 0 Å². The molecule has 1 atom stereocenters. The summed E-state index contributed by atoms with van der Waals surface area (Å²) in [6.07, 6.45) is 1.02. The highest BCUT2D eigenvalue weighted by atomic mass is 16.5. The Morgan fingerprint density at radius 2 is 2.09 bits per heavy atom. The molecule has 0 saturated carbocycles. The van der Waals surface area contributed by atoms with Gasteiger partial charge in [0.1, 0.15) is 11.8 Å². The van der Waals surface area contributed by atoms with Crippen LogP contribution in [-0.2, 0) is 22.5 Å². The number of benzene rings is 1. The molecule has 120 valence electrons. The molecule has 1 fully saturated rings. The first-order valence-electron chi connectivity index (χ1n) is 7.96. The van der Waals surface area contributed by atoms with E-state index < -0.39 is 0 Å². The van der Waals surface area contributed by atoms with Crippen molar-refractivity contribution in [2.45, 2.75) is 25.9 Å². The van der Waals surface area contributed by atoms with Crippen molar-refractivity contribution in [3.05, 3.63) is 29.3 Å². The van der Waals surface area contributed by atoms with Crippen LogP contribution < -0.4 is 4.74 Å². The fourth-order valence-electron chi connectivity index (χ4n) is 3.22. The molecule has 2 aliphatic heterocycles. The van der Waals surface area contributed by atoms with Crippen molar-refractivity contribution in [2.75, 3.05) is 39.9 Å². The number of hydrogen-bond acceptors (Lipinski definition) is 5. The fourth-order valence-corrected chi connectivity index (χ4v) is 3.22. The van der Waals surface area contributed by atoms with E-state index in [1.54, 1.807) is 0 Å². The van der Waals surface area contributed by atoms with Crippen LogP contribution in [0.5, 0.6) is 5.75 Å². The van der Waals surface area contributed by atoms with E-state index in [9.17, 15) is 4.79 Å². The Balaban J connectivity index is 1.53. The monoisotopic (exact) mass is 304 g/mol. The van der Waals surface area contributed by atoms with E-state index in [0.29, 0.717) is 0 Å². The molecule has 1 saturated heterocycles. The molecule has 0 spiro atoms. The van der Waals surface area contributed by atoms with E-state index in [4.69, 9.17) is 9.47 Å². The van der Waals surface area contributed by atoms with Gasteiger partial charge in [0.25, 0.3) is 0 Å². The van der Waals surface area contributed by atoms with Crippen molar-refractivity contribution < 1.29 is 14.3 Å². The Labute approximate surface area is 131 Å². The lowest BCUT2D eigenvalue weighted by atomic mass is 10.1. The first-order valence-corrected chi connectivity index (χ1v) is 7.96. The van der Waals surface area contributed by atoms with Crippen molar-refractivity contribution in [3.8, 4) is 5.75 Å².